The topological polar surface area (TPSA) is 98.8 Å². The molecule has 3 amide bonds. The molecule has 0 aliphatic carbocycles. The standard InChI is InChI=1S/C20H23ClN4O4S2/c21-15-3-1-2-13(10-16-19(27)23-20(28)30-16)18(15)25-5-4-14(11-25)22-17(26)12-24-6-8-31(29)9-7-24/h1-3,10,14H,4-9,11-12H2,(H,22,26)(H,23,27,28). The first kappa shape index (κ1) is 22.3. The number of carbonyl (C=O) groups excluding carboxylic acids is 3. The molecule has 3 heterocycles. The Kier molecular flexibility index (Phi) is 7.00. The zero-order valence-electron chi connectivity index (χ0n) is 16.8. The van der Waals surface area contributed by atoms with E-state index in [9.17, 15) is 18.6 Å². The lowest BCUT2D eigenvalue weighted by Gasteiger charge is -2.26. The first-order valence-electron chi connectivity index (χ1n) is 10.0. The van der Waals surface area contributed by atoms with Gasteiger partial charge >= 0.3 is 0 Å². The van der Waals surface area contributed by atoms with Gasteiger partial charge in [0, 0.05) is 60.1 Å². The maximum atomic E-state index is 12.5. The maximum Gasteiger partial charge on any atom is 0.290 e. The summed E-state index contributed by atoms with van der Waals surface area (Å²) in [6.45, 7) is 3.00. The minimum atomic E-state index is -0.759. The van der Waals surface area contributed by atoms with Crippen molar-refractivity contribution in [2.24, 2.45) is 0 Å². The number of rotatable bonds is 5. The molecule has 31 heavy (non-hydrogen) atoms. The highest BCUT2D eigenvalue weighted by Gasteiger charge is 2.29. The number of para-hydroxylation sites is 1. The summed E-state index contributed by atoms with van der Waals surface area (Å²) in [6, 6.07) is 5.45. The zero-order valence-corrected chi connectivity index (χ0v) is 19.2. The second kappa shape index (κ2) is 9.72. The largest absolute Gasteiger partial charge is 0.368 e. The smallest absolute Gasteiger partial charge is 0.290 e. The van der Waals surface area contributed by atoms with Crippen molar-refractivity contribution in [1.82, 2.24) is 15.5 Å². The Morgan fingerprint density at radius 1 is 1.29 bits per heavy atom. The van der Waals surface area contributed by atoms with Crippen molar-refractivity contribution in [2.75, 3.05) is 49.1 Å². The van der Waals surface area contributed by atoms with Gasteiger partial charge in [0.05, 0.1) is 22.2 Å². The van der Waals surface area contributed by atoms with E-state index in [-0.39, 0.29) is 17.2 Å². The highest BCUT2D eigenvalue weighted by molar-refractivity contribution is 8.18. The van der Waals surface area contributed by atoms with Crippen molar-refractivity contribution < 1.29 is 18.6 Å². The van der Waals surface area contributed by atoms with Gasteiger partial charge in [-0.05, 0) is 30.3 Å². The molecule has 4 rings (SSSR count). The van der Waals surface area contributed by atoms with Crippen molar-refractivity contribution in [3.8, 4) is 0 Å². The SMILES string of the molecule is O=C(CN1CCS(=O)CC1)NC1CCN(c2c(Cl)cccc2C=C2SC(=O)NC2=O)C1. The average molecular weight is 483 g/mol. The molecule has 0 radical (unpaired) electrons. The third kappa shape index (κ3) is 5.49. The van der Waals surface area contributed by atoms with Crippen molar-refractivity contribution in [2.45, 2.75) is 12.5 Å². The van der Waals surface area contributed by atoms with Crippen LogP contribution in [0.2, 0.25) is 5.02 Å². The van der Waals surface area contributed by atoms with Gasteiger partial charge in [-0.25, -0.2) is 0 Å². The minimum absolute atomic E-state index is 0.00562. The number of thioether (sulfide) groups is 1. The lowest BCUT2D eigenvalue weighted by atomic mass is 10.1. The van der Waals surface area contributed by atoms with Crippen molar-refractivity contribution in [3.05, 3.63) is 33.7 Å². The van der Waals surface area contributed by atoms with Gasteiger partial charge in [-0.3, -0.25) is 28.8 Å². The monoisotopic (exact) mass is 482 g/mol. The molecule has 3 saturated heterocycles. The molecule has 0 saturated carbocycles. The van der Waals surface area contributed by atoms with Crippen molar-refractivity contribution >= 4 is 63.0 Å². The molecular formula is C20H23ClN4O4S2. The van der Waals surface area contributed by atoms with Crippen LogP contribution in [0.25, 0.3) is 6.08 Å². The highest BCUT2D eigenvalue weighted by atomic mass is 35.5. The van der Waals surface area contributed by atoms with Crippen LogP contribution in [0, 0.1) is 0 Å². The molecule has 166 valence electrons. The lowest BCUT2D eigenvalue weighted by Crippen LogP contribution is -2.46. The summed E-state index contributed by atoms with van der Waals surface area (Å²) in [5, 5.41) is 5.52. The molecule has 0 aromatic heterocycles. The predicted molar refractivity (Wildman–Crippen MR) is 124 cm³/mol. The van der Waals surface area contributed by atoms with E-state index in [2.05, 4.69) is 15.5 Å². The van der Waals surface area contributed by atoms with Gasteiger partial charge in [0.2, 0.25) is 5.91 Å². The molecule has 11 heteroatoms. The fourth-order valence-corrected chi connectivity index (χ4v) is 6.04. The first-order chi connectivity index (χ1) is 14.9. The average Bonchev–Trinajstić information content (AvgIpc) is 3.29. The van der Waals surface area contributed by atoms with E-state index < -0.39 is 16.7 Å². The first-order valence-corrected chi connectivity index (χ1v) is 12.7. The Balaban J connectivity index is 1.40. The number of nitrogens with zero attached hydrogens (tertiary/aromatic N) is 2. The number of halogens is 1. The summed E-state index contributed by atoms with van der Waals surface area (Å²) in [5.74, 6) is 0.807. The lowest BCUT2D eigenvalue weighted by molar-refractivity contribution is -0.122. The molecule has 2 N–H and O–H groups in total. The molecule has 0 spiro atoms. The van der Waals surface area contributed by atoms with Crippen LogP contribution < -0.4 is 15.5 Å². The summed E-state index contributed by atoms with van der Waals surface area (Å²) in [5.41, 5.74) is 1.55. The molecular weight excluding hydrogens is 460 g/mol. The number of nitrogens with one attached hydrogen (secondary N) is 2. The molecule has 0 bridgehead atoms. The van der Waals surface area contributed by atoms with E-state index in [1.807, 2.05) is 11.0 Å². The quantitative estimate of drug-likeness (QED) is 0.612. The number of anilines is 1. The van der Waals surface area contributed by atoms with Crippen LogP contribution >= 0.6 is 23.4 Å². The van der Waals surface area contributed by atoms with Crippen LogP contribution in [0.1, 0.15) is 12.0 Å². The Morgan fingerprint density at radius 3 is 2.77 bits per heavy atom. The zero-order chi connectivity index (χ0) is 22.0. The molecule has 1 aromatic rings. The van der Waals surface area contributed by atoms with E-state index in [0.29, 0.717) is 54.2 Å². The van der Waals surface area contributed by atoms with Gasteiger partial charge in [0.1, 0.15) is 0 Å². The Morgan fingerprint density at radius 2 is 2.06 bits per heavy atom. The van der Waals surface area contributed by atoms with Gasteiger partial charge in [0.15, 0.2) is 0 Å². The molecule has 1 unspecified atom stereocenters. The maximum absolute atomic E-state index is 12.5. The predicted octanol–water partition coefficient (Wildman–Crippen LogP) is 1.42. The Hall–Kier alpha value is -1.88. The molecule has 8 nitrogen and oxygen atoms in total. The summed E-state index contributed by atoms with van der Waals surface area (Å²) in [7, 11) is -0.759. The Labute approximate surface area is 192 Å². The summed E-state index contributed by atoms with van der Waals surface area (Å²) >= 11 is 7.36. The van der Waals surface area contributed by atoms with E-state index in [1.165, 1.54) is 0 Å². The number of hydrogen-bond acceptors (Lipinski definition) is 7. The molecule has 1 atom stereocenters. The Bertz CT molecular complexity index is 960. The van der Waals surface area contributed by atoms with E-state index in [4.69, 9.17) is 11.6 Å². The van der Waals surface area contributed by atoms with Crippen LogP contribution in [0.3, 0.4) is 0 Å². The van der Waals surface area contributed by atoms with Crippen molar-refractivity contribution in [1.29, 1.82) is 0 Å². The third-order valence-corrected chi connectivity index (χ3v) is 7.85. The third-order valence-electron chi connectivity index (χ3n) is 5.45. The van der Waals surface area contributed by atoms with Gasteiger partial charge < -0.3 is 10.2 Å². The minimum Gasteiger partial charge on any atom is -0.368 e. The van der Waals surface area contributed by atoms with Crippen LogP contribution in [0.15, 0.2) is 23.1 Å². The number of amides is 3. The number of hydrogen-bond donors (Lipinski definition) is 2. The normalized spacial score (nSPS) is 24.1. The van der Waals surface area contributed by atoms with Gasteiger partial charge in [-0.1, -0.05) is 23.7 Å². The van der Waals surface area contributed by atoms with Gasteiger partial charge in [-0.2, -0.15) is 0 Å². The summed E-state index contributed by atoms with van der Waals surface area (Å²) < 4.78 is 11.5. The van der Waals surface area contributed by atoms with Crippen LogP contribution in [0.5, 0.6) is 0 Å². The number of imide groups is 1. The van der Waals surface area contributed by atoms with Crippen molar-refractivity contribution in [3.63, 3.8) is 0 Å². The summed E-state index contributed by atoms with van der Waals surface area (Å²) in [6.07, 6.45) is 2.46. The van der Waals surface area contributed by atoms with Crippen LogP contribution in [-0.2, 0) is 20.4 Å². The number of carbonyl (C=O) groups is 3. The molecule has 1 aromatic carbocycles. The van der Waals surface area contributed by atoms with Crippen LogP contribution in [0.4, 0.5) is 10.5 Å². The van der Waals surface area contributed by atoms with Gasteiger partial charge in [0.25, 0.3) is 11.1 Å². The second-order valence-electron chi connectivity index (χ2n) is 7.65. The fraction of sp³-hybridized carbons (Fsp3) is 0.450. The fourth-order valence-electron chi connectivity index (χ4n) is 3.94. The van der Waals surface area contributed by atoms with Crippen LogP contribution in [-0.4, -0.2) is 76.4 Å². The van der Waals surface area contributed by atoms with Gasteiger partial charge in [-0.15, -0.1) is 0 Å². The molecule has 3 aliphatic rings. The molecule has 3 fully saturated rings. The summed E-state index contributed by atoms with van der Waals surface area (Å²) in [4.78, 5) is 40.3. The van der Waals surface area contributed by atoms with E-state index in [0.717, 1.165) is 29.4 Å². The second-order valence-corrected chi connectivity index (χ2v) is 10.8. The van der Waals surface area contributed by atoms with E-state index >= 15 is 0 Å². The molecule has 3 aliphatic heterocycles. The highest BCUT2D eigenvalue weighted by Crippen LogP contribution is 2.36. The van der Waals surface area contributed by atoms with E-state index in [1.54, 1.807) is 18.2 Å². The number of benzene rings is 1.